The lowest BCUT2D eigenvalue weighted by Gasteiger charge is -2.42. The quantitative estimate of drug-likeness (QED) is 0.943. The zero-order valence-corrected chi connectivity index (χ0v) is 12.4. The van der Waals surface area contributed by atoms with Crippen LogP contribution in [-0.4, -0.2) is 35.1 Å². The number of aromatic nitrogens is 1. The Morgan fingerprint density at radius 2 is 2.10 bits per heavy atom. The summed E-state index contributed by atoms with van der Waals surface area (Å²) in [5.74, 6) is 1.13. The highest BCUT2D eigenvalue weighted by Crippen LogP contribution is 2.23. The van der Waals surface area contributed by atoms with Crippen molar-refractivity contribution in [2.24, 2.45) is 0 Å². The first kappa shape index (κ1) is 14.2. The van der Waals surface area contributed by atoms with E-state index in [1.54, 1.807) is 18.3 Å². The van der Waals surface area contributed by atoms with Crippen molar-refractivity contribution in [1.82, 2.24) is 15.2 Å². The second kappa shape index (κ2) is 5.58. The van der Waals surface area contributed by atoms with Crippen molar-refractivity contribution in [2.45, 2.75) is 25.9 Å². The van der Waals surface area contributed by atoms with E-state index < -0.39 is 0 Å². The molecule has 0 bridgehead atoms. The molecule has 21 heavy (non-hydrogen) atoms. The van der Waals surface area contributed by atoms with Gasteiger partial charge in [-0.25, -0.2) is 9.37 Å². The summed E-state index contributed by atoms with van der Waals surface area (Å²) in [7, 11) is 0. The second-order valence-corrected chi connectivity index (χ2v) is 6.04. The van der Waals surface area contributed by atoms with Gasteiger partial charge in [0, 0.05) is 30.7 Å². The maximum atomic E-state index is 12.9. The Morgan fingerprint density at radius 1 is 1.33 bits per heavy atom. The molecule has 1 fully saturated rings. The van der Waals surface area contributed by atoms with Gasteiger partial charge in [-0.1, -0.05) is 0 Å². The minimum Gasteiger partial charge on any atom is -0.439 e. The van der Waals surface area contributed by atoms with Gasteiger partial charge in [0.05, 0.1) is 12.7 Å². The number of hydrogen-bond acceptors (Lipinski definition) is 4. The van der Waals surface area contributed by atoms with Crippen LogP contribution in [0.15, 0.2) is 34.9 Å². The lowest BCUT2D eigenvalue weighted by atomic mass is 10.0. The van der Waals surface area contributed by atoms with E-state index in [1.165, 1.54) is 12.1 Å². The molecule has 0 amide bonds. The van der Waals surface area contributed by atoms with E-state index in [-0.39, 0.29) is 11.4 Å². The molecule has 3 rings (SSSR count). The molecule has 112 valence electrons. The summed E-state index contributed by atoms with van der Waals surface area (Å²) in [6.07, 6.45) is 1.71. The molecule has 0 atom stereocenters. The van der Waals surface area contributed by atoms with E-state index in [4.69, 9.17) is 4.42 Å². The highest BCUT2D eigenvalue weighted by molar-refractivity contribution is 5.55. The Bertz CT molecular complexity index is 606. The van der Waals surface area contributed by atoms with Gasteiger partial charge in [-0.05, 0) is 38.1 Å². The summed E-state index contributed by atoms with van der Waals surface area (Å²) in [6.45, 7) is 8.02. The molecule has 1 N–H and O–H groups in total. The number of nitrogens with zero attached hydrogens (tertiary/aromatic N) is 2. The fraction of sp³-hybridized carbons (Fsp3) is 0.438. The monoisotopic (exact) mass is 289 g/mol. The van der Waals surface area contributed by atoms with Crippen LogP contribution in [0.25, 0.3) is 11.3 Å². The van der Waals surface area contributed by atoms with E-state index in [2.05, 4.69) is 29.0 Å². The van der Waals surface area contributed by atoms with Gasteiger partial charge >= 0.3 is 0 Å². The van der Waals surface area contributed by atoms with Crippen molar-refractivity contribution >= 4 is 0 Å². The van der Waals surface area contributed by atoms with Crippen LogP contribution in [0.1, 0.15) is 19.7 Å². The Hall–Kier alpha value is -1.72. The van der Waals surface area contributed by atoms with Crippen molar-refractivity contribution in [1.29, 1.82) is 0 Å². The van der Waals surface area contributed by atoms with E-state index >= 15 is 0 Å². The van der Waals surface area contributed by atoms with Gasteiger partial charge in [0.1, 0.15) is 5.82 Å². The van der Waals surface area contributed by atoms with Gasteiger partial charge in [-0.3, -0.25) is 4.90 Å². The lowest BCUT2D eigenvalue weighted by Crippen LogP contribution is -2.57. The molecule has 0 aliphatic carbocycles. The molecule has 5 heteroatoms. The van der Waals surface area contributed by atoms with E-state index in [1.807, 2.05) is 0 Å². The second-order valence-electron chi connectivity index (χ2n) is 6.04. The van der Waals surface area contributed by atoms with Crippen molar-refractivity contribution in [2.75, 3.05) is 19.6 Å². The third-order valence-corrected chi connectivity index (χ3v) is 3.98. The van der Waals surface area contributed by atoms with Gasteiger partial charge in [0.2, 0.25) is 5.89 Å². The van der Waals surface area contributed by atoms with Crippen LogP contribution in [0.2, 0.25) is 0 Å². The molecule has 1 saturated heterocycles. The fourth-order valence-electron chi connectivity index (χ4n) is 2.61. The standard InChI is InChI=1S/C16H20FN3O/c1-16(2)11-18-7-8-20(16)10-15-19-9-14(21-15)12-3-5-13(17)6-4-12/h3-6,9,18H,7-8,10-11H2,1-2H3. The van der Waals surface area contributed by atoms with Crippen molar-refractivity contribution < 1.29 is 8.81 Å². The molecule has 0 spiro atoms. The number of hydrogen-bond donors (Lipinski definition) is 1. The molecular formula is C16H20FN3O. The number of halogens is 1. The predicted octanol–water partition coefficient (Wildman–Crippen LogP) is 2.66. The van der Waals surface area contributed by atoms with E-state index in [0.717, 1.165) is 25.2 Å². The summed E-state index contributed by atoms with van der Waals surface area (Å²) in [5, 5.41) is 3.40. The number of oxazole rings is 1. The Labute approximate surface area is 124 Å². The Morgan fingerprint density at radius 3 is 2.81 bits per heavy atom. The summed E-state index contributed by atoms with van der Waals surface area (Å²) in [4.78, 5) is 6.72. The van der Waals surface area contributed by atoms with Crippen molar-refractivity contribution in [3.05, 3.63) is 42.2 Å². The number of rotatable bonds is 3. The van der Waals surface area contributed by atoms with Gasteiger partial charge in [-0.15, -0.1) is 0 Å². The molecule has 2 heterocycles. The summed E-state index contributed by atoms with van der Waals surface area (Å²) >= 11 is 0. The molecular weight excluding hydrogens is 269 g/mol. The molecule has 1 aliphatic heterocycles. The highest BCUT2D eigenvalue weighted by Gasteiger charge is 2.30. The molecule has 0 saturated carbocycles. The average molecular weight is 289 g/mol. The van der Waals surface area contributed by atoms with Crippen molar-refractivity contribution in [3.8, 4) is 11.3 Å². The minimum absolute atomic E-state index is 0.0861. The molecule has 1 aromatic heterocycles. The SMILES string of the molecule is CC1(C)CNCCN1Cc1ncc(-c2ccc(F)cc2)o1. The van der Waals surface area contributed by atoms with Crippen molar-refractivity contribution in [3.63, 3.8) is 0 Å². The van der Waals surface area contributed by atoms with Crippen LogP contribution in [0.4, 0.5) is 4.39 Å². The van der Waals surface area contributed by atoms with Crippen LogP contribution in [-0.2, 0) is 6.54 Å². The largest absolute Gasteiger partial charge is 0.439 e. The number of piperazine rings is 1. The van der Waals surface area contributed by atoms with Crippen LogP contribution in [0.5, 0.6) is 0 Å². The van der Waals surface area contributed by atoms with Crippen LogP contribution >= 0.6 is 0 Å². The average Bonchev–Trinajstić information content (AvgIpc) is 2.90. The molecule has 0 radical (unpaired) electrons. The van der Waals surface area contributed by atoms with Crippen LogP contribution in [0.3, 0.4) is 0 Å². The minimum atomic E-state index is -0.249. The predicted molar refractivity (Wildman–Crippen MR) is 79.3 cm³/mol. The van der Waals surface area contributed by atoms with Crippen LogP contribution < -0.4 is 5.32 Å². The topological polar surface area (TPSA) is 41.3 Å². The lowest BCUT2D eigenvalue weighted by molar-refractivity contribution is 0.0737. The van der Waals surface area contributed by atoms with Gasteiger partial charge in [-0.2, -0.15) is 0 Å². The maximum absolute atomic E-state index is 12.9. The smallest absolute Gasteiger partial charge is 0.209 e. The zero-order chi connectivity index (χ0) is 14.9. The third-order valence-electron chi connectivity index (χ3n) is 3.98. The molecule has 0 unspecified atom stereocenters. The normalized spacial score (nSPS) is 18.8. The maximum Gasteiger partial charge on any atom is 0.209 e. The van der Waals surface area contributed by atoms with Gasteiger partial charge in [0.25, 0.3) is 0 Å². The zero-order valence-electron chi connectivity index (χ0n) is 12.4. The van der Waals surface area contributed by atoms with E-state index in [0.29, 0.717) is 18.2 Å². The van der Waals surface area contributed by atoms with E-state index in [9.17, 15) is 4.39 Å². The molecule has 4 nitrogen and oxygen atoms in total. The first-order chi connectivity index (χ1) is 10.0. The summed E-state index contributed by atoms with van der Waals surface area (Å²) in [5.41, 5.74) is 0.928. The first-order valence-electron chi connectivity index (χ1n) is 7.21. The fourth-order valence-corrected chi connectivity index (χ4v) is 2.61. The first-order valence-corrected chi connectivity index (χ1v) is 7.21. The summed E-state index contributed by atoms with van der Waals surface area (Å²) in [6, 6.07) is 6.26. The highest BCUT2D eigenvalue weighted by atomic mass is 19.1. The van der Waals surface area contributed by atoms with Gasteiger partial charge in [0.15, 0.2) is 5.76 Å². The number of benzene rings is 1. The van der Waals surface area contributed by atoms with Gasteiger partial charge < -0.3 is 9.73 Å². The third kappa shape index (κ3) is 3.14. The molecule has 1 aromatic carbocycles. The molecule has 2 aromatic rings. The Kier molecular flexibility index (Phi) is 3.78. The van der Waals surface area contributed by atoms with Crippen LogP contribution in [0, 0.1) is 5.82 Å². The summed E-state index contributed by atoms with van der Waals surface area (Å²) < 4.78 is 18.8. The number of nitrogens with one attached hydrogen (secondary N) is 1. The molecule has 1 aliphatic rings. The Balaban J connectivity index is 1.74.